The van der Waals surface area contributed by atoms with Crippen LogP contribution < -0.4 is 10.6 Å². The van der Waals surface area contributed by atoms with Gasteiger partial charge in [0.2, 0.25) is 5.91 Å². The molecule has 98 valence electrons. The summed E-state index contributed by atoms with van der Waals surface area (Å²) >= 11 is 5.87. The molecule has 1 atom stereocenters. The molecule has 0 aromatic heterocycles. The van der Waals surface area contributed by atoms with Crippen molar-refractivity contribution in [1.29, 1.82) is 0 Å². The predicted molar refractivity (Wildman–Crippen MR) is 74.0 cm³/mol. The first-order chi connectivity index (χ1) is 8.65. The number of nitrogens with one attached hydrogen (secondary N) is 2. The number of hydrogen-bond acceptors (Lipinski definition) is 3. The van der Waals surface area contributed by atoms with E-state index in [1.807, 2.05) is 12.1 Å². The van der Waals surface area contributed by atoms with Gasteiger partial charge in [-0.15, -0.1) is 0 Å². The summed E-state index contributed by atoms with van der Waals surface area (Å²) in [5, 5.41) is 6.80. The molecule has 0 saturated carbocycles. The molecule has 4 nitrogen and oxygen atoms in total. The van der Waals surface area contributed by atoms with Crippen LogP contribution in [-0.4, -0.2) is 43.0 Å². The first-order valence-corrected chi connectivity index (χ1v) is 6.53. The molecule has 0 aliphatic carbocycles. The highest BCUT2D eigenvalue weighted by atomic mass is 35.5. The molecule has 2 rings (SSSR count). The van der Waals surface area contributed by atoms with Crippen molar-refractivity contribution in [1.82, 2.24) is 10.2 Å². The van der Waals surface area contributed by atoms with Crippen molar-refractivity contribution in [2.45, 2.75) is 13.0 Å². The zero-order valence-corrected chi connectivity index (χ0v) is 11.2. The van der Waals surface area contributed by atoms with Crippen LogP contribution in [0.25, 0.3) is 0 Å². The summed E-state index contributed by atoms with van der Waals surface area (Å²) < 4.78 is 0. The lowest BCUT2D eigenvalue weighted by Crippen LogP contribution is -2.51. The Morgan fingerprint density at radius 2 is 2.44 bits per heavy atom. The summed E-state index contributed by atoms with van der Waals surface area (Å²) in [7, 11) is 0. The summed E-state index contributed by atoms with van der Waals surface area (Å²) in [6.45, 7) is 5.33. The molecule has 1 aromatic rings. The Kier molecular flexibility index (Phi) is 4.58. The molecule has 0 radical (unpaired) electrons. The van der Waals surface area contributed by atoms with E-state index in [1.165, 1.54) is 0 Å². The first-order valence-electron chi connectivity index (χ1n) is 6.15. The molecule has 1 amide bonds. The molecular formula is C13H18ClN3O. The molecule has 18 heavy (non-hydrogen) atoms. The van der Waals surface area contributed by atoms with Gasteiger partial charge in [0.1, 0.15) is 0 Å². The smallest absolute Gasteiger partial charge is 0.238 e. The Hall–Kier alpha value is -1.10. The second kappa shape index (κ2) is 6.18. The number of amides is 1. The van der Waals surface area contributed by atoms with Crippen LogP contribution in [0.2, 0.25) is 5.02 Å². The van der Waals surface area contributed by atoms with Gasteiger partial charge in [0, 0.05) is 36.4 Å². The summed E-state index contributed by atoms with van der Waals surface area (Å²) in [5.41, 5.74) is 0.746. The highest BCUT2D eigenvalue weighted by Crippen LogP contribution is 2.15. The van der Waals surface area contributed by atoms with E-state index in [1.54, 1.807) is 12.1 Å². The SMILES string of the molecule is C[C@@H]1CNCCN1CC(=O)Nc1cccc(Cl)c1. The van der Waals surface area contributed by atoms with Gasteiger partial charge in [-0.2, -0.15) is 0 Å². The maximum absolute atomic E-state index is 11.9. The number of carbonyl (C=O) groups excluding carboxylic acids is 1. The van der Waals surface area contributed by atoms with Crippen LogP contribution in [0.4, 0.5) is 5.69 Å². The van der Waals surface area contributed by atoms with Crippen LogP contribution in [0.15, 0.2) is 24.3 Å². The third-order valence-electron chi connectivity index (χ3n) is 3.09. The van der Waals surface area contributed by atoms with Crippen LogP contribution in [0.5, 0.6) is 0 Å². The molecule has 2 N–H and O–H groups in total. The zero-order chi connectivity index (χ0) is 13.0. The number of nitrogens with zero attached hydrogens (tertiary/aromatic N) is 1. The lowest BCUT2D eigenvalue weighted by Gasteiger charge is -2.33. The summed E-state index contributed by atoms with van der Waals surface area (Å²) in [5.74, 6) is 0.00557. The minimum atomic E-state index is 0.00557. The number of piperazine rings is 1. The van der Waals surface area contributed by atoms with Gasteiger partial charge in [-0.05, 0) is 25.1 Å². The van der Waals surface area contributed by atoms with E-state index in [0.29, 0.717) is 17.6 Å². The summed E-state index contributed by atoms with van der Waals surface area (Å²) in [6.07, 6.45) is 0. The predicted octanol–water partition coefficient (Wildman–Crippen LogP) is 1.57. The first kappa shape index (κ1) is 13.3. The summed E-state index contributed by atoms with van der Waals surface area (Å²) in [6, 6.07) is 7.59. The minimum Gasteiger partial charge on any atom is -0.325 e. The number of halogens is 1. The molecule has 1 aromatic carbocycles. The maximum Gasteiger partial charge on any atom is 0.238 e. The van der Waals surface area contributed by atoms with E-state index in [9.17, 15) is 4.79 Å². The van der Waals surface area contributed by atoms with Gasteiger partial charge in [0.05, 0.1) is 6.54 Å². The largest absolute Gasteiger partial charge is 0.325 e. The van der Waals surface area contributed by atoms with Crippen LogP contribution in [0.3, 0.4) is 0 Å². The fraction of sp³-hybridized carbons (Fsp3) is 0.462. The molecule has 1 aliphatic heterocycles. The van der Waals surface area contributed by atoms with Gasteiger partial charge >= 0.3 is 0 Å². The molecular weight excluding hydrogens is 250 g/mol. The Bertz CT molecular complexity index is 424. The monoisotopic (exact) mass is 267 g/mol. The van der Waals surface area contributed by atoms with E-state index in [0.717, 1.165) is 25.3 Å². The van der Waals surface area contributed by atoms with Gasteiger partial charge in [-0.3, -0.25) is 9.69 Å². The van der Waals surface area contributed by atoms with Crippen molar-refractivity contribution < 1.29 is 4.79 Å². The molecule has 1 aliphatic rings. The highest BCUT2D eigenvalue weighted by Gasteiger charge is 2.20. The van der Waals surface area contributed by atoms with Gasteiger partial charge in [-0.25, -0.2) is 0 Å². The summed E-state index contributed by atoms with van der Waals surface area (Å²) in [4.78, 5) is 14.1. The average Bonchev–Trinajstić information content (AvgIpc) is 2.32. The molecule has 0 bridgehead atoms. The maximum atomic E-state index is 11.9. The molecule has 5 heteroatoms. The fourth-order valence-corrected chi connectivity index (χ4v) is 2.26. The number of carbonyl (C=O) groups is 1. The van der Waals surface area contributed by atoms with Gasteiger partial charge in [0.15, 0.2) is 0 Å². The van der Waals surface area contributed by atoms with Gasteiger partial charge in [-0.1, -0.05) is 17.7 Å². The average molecular weight is 268 g/mol. The van der Waals surface area contributed by atoms with Crippen molar-refractivity contribution in [3.63, 3.8) is 0 Å². The molecule has 1 fully saturated rings. The minimum absolute atomic E-state index is 0.00557. The number of anilines is 1. The lowest BCUT2D eigenvalue weighted by molar-refractivity contribution is -0.118. The lowest BCUT2D eigenvalue weighted by atomic mass is 10.2. The molecule has 0 spiro atoms. The normalized spacial score (nSPS) is 20.7. The molecule has 1 saturated heterocycles. The third kappa shape index (κ3) is 3.70. The third-order valence-corrected chi connectivity index (χ3v) is 3.33. The van der Waals surface area contributed by atoms with Crippen molar-refractivity contribution in [2.75, 3.05) is 31.5 Å². The topological polar surface area (TPSA) is 44.4 Å². The van der Waals surface area contributed by atoms with E-state index in [4.69, 9.17) is 11.6 Å². The van der Waals surface area contributed by atoms with Crippen LogP contribution in [0.1, 0.15) is 6.92 Å². The van der Waals surface area contributed by atoms with E-state index >= 15 is 0 Å². The van der Waals surface area contributed by atoms with Crippen LogP contribution >= 0.6 is 11.6 Å². The van der Waals surface area contributed by atoms with Crippen LogP contribution in [-0.2, 0) is 4.79 Å². The van der Waals surface area contributed by atoms with Crippen molar-refractivity contribution in [3.8, 4) is 0 Å². The van der Waals surface area contributed by atoms with E-state index < -0.39 is 0 Å². The number of benzene rings is 1. The van der Waals surface area contributed by atoms with Crippen LogP contribution in [0, 0.1) is 0 Å². The number of hydrogen-bond donors (Lipinski definition) is 2. The van der Waals surface area contributed by atoms with Crippen molar-refractivity contribution >= 4 is 23.2 Å². The number of rotatable bonds is 3. The van der Waals surface area contributed by atoms with Crippen molar-refractivity contribution in [3.05, 3.63) is 29.3 Å². The highest BCUT2D eigenvalue weighted by molar-refractivity contribution is 6.30. The quantitative estimate of drug-likeness (QED) is 0.874. The Morgan fingerprint density at radius 1 is 1.61 bits per heavy atom. The second-order valence-corrected chi connectivity index (χ2v) is 5.02. The second-order valence-electron chi connectivity index (χ2n) is 4.58. The standard InChI is InChI=1S/C13H18ClN3O/c1-10-8-15-5-6-17(10)9-13(18)16-12-4-2-3-11(14)7-12/h2-4,7,10,15H,5-6,8-9H2,1H3,(H,16,18)/t10-/m1/s1. The zero-order valence-electron chi connectivity index (χ0n) is 10.4. The van der Waals surface area contributed by atoms with E-state index in [-0.39, 0.29) is 5.91 Å². The molecule has 0 unspecified atom stereocenters. The fourth-order valence-electron chi connectivity index (χ4n) is 2.07. The Balaban J connectivity index is 1.88. The molecule has 1 heterocycles. The van der Waals surface area contributed by atoms with E-state index in [2.05, 4.69) is 22.5 Å². The van der Waals surface area contributed by atoms with Gasteiger partial charge < -0.3 is 10.6 Å². The Morgan fingerprint density at radius 3 is 3.17 bits per heavy atom. The Labute approximate surface area is 112 Å². The van der Waals surface area contributed by atoms with Gasteiger partial charge in [0.25, 0.3) is 0 Å². The van der Waals surface area contributed by atoms with Crippen molar-refractivity contribution in [2.24, 2.45) is 0 Å².